The van der Waals surface area contributed by atoms with Crippen LogP contribution in [0.2, 0.25) is 0 Å². The molecule has 0 saturated heterocycles. The molecule has 1 aromatic rings. The Morgan fingerprint density at radius 2 is 2.00 bits per heavy atom. The summed E-state index contributed by atoms with van der Waals surface area (Å²) in [6.45, 7) is 0.156. The van der Waals surface area contributed by atoms with E-state index in [1.807, 2.05) is 0 Å². The van der Waals surface area contributed by atoms with Crippen LogP contribution in [0.3, 0.4) is 0 Å². The van der Waals surface area contributed by atoms with Crippen LogP contribution in [0, 0.1) is 11.7 Å². The molecular weight excluding hydrogens is 261 g/mol. The summed E-state index contributed by atoms with van der Waals surface area (Å²) < 4.78 is 18.9. The number of anilines is 1. The predicted molar refractivity (Wildman–Crippen MR) is 73.8 cm³/mol. The van der Waals surface area contributed by atoms with E-state index in [0.717, 1.165) is 25.7 Å². The summed E-state index contributed by atoms with van der Waals surface area (Å²) in [6.07, 6.45) is 3.63. The monoisotopic (exact) mass is 281 g/mol. The molecule has 0 bridgehead atoms. The van der Waals surface area contributed by atoms with Crippen molar-refractivity contribution in [2.75, 3.05) is 18.5 Å². The molecule has 0 radical (unpaired) electrons. The number of aliphatic hydroxyl groups is 1. The number of hydrogen-bond donors (Lipinski definition) is 2. The van der Waals surface area contributed by atoms with Crippen LogP contribution in [0.25, 0.3) is 0 Å². The van der Waals surface area contributed by atoms with Gasteiger partial charge in [-0.15, -0.1) is 0 Å². The Morgan fingerprint density at radius 3 is 2.65 bits per heavy atom. The van der Waals surface area contributed by atoms with Gasteiger partial charge in [0, 0.05) is 6.61 Å². The molecule has 4 nitrogen and oxygen atoms in total. The second kappa shape index (κ2) is 7.36. The molecule has 1 fully saturated rings. The van der Waals surface area contributed by atoms with Crippen molar-refractivity contribution in [1.82, 2.24) is 0 Å². The highest BCUT2D eigenvalue weighted by Gasteiger charge is 2.21. The first kappa shape index (κ1) is 14.9. The van der Waals surface area contributed by atoms with Crippen molar-refractivity contribution in [3.05, 3.63) is 30.1 Å². The second-order valence-electron chi connectivity index (χ2n) is 5.16. The summed E-state index contributed by atoms with van der Waals surface area (Å²) >= 11 is 0. The lowest BCUT2D eigenvalue weighted by atomic mass is 9.88. The first-order valence-corrected chi connectivity index (χ1v) is 6.96. The topological polar surface area (TPSA) is 58.6 Å². The lowest BCUT2D eigenvalue weighted by molar-refractivity contribution is -0.123. The third kappa shape index (κ3) is 4.28. The summed E-state index contributed by atoms with van der Waals surface area (Å²) in [6, 6.07) is 6.04. The maximum Gasteiger partial charge on any atom is 0.250 e. The number of para-hydroxylation sites is 1. The highest BCUT2D eigenvalue weighted by molar-refractivity contribution is 5.91. The summed E-state index contributed by atoms with van der Waals surface area (Å²) in [4.78, 5) is 11.7. The van der Waals surface area contributed by atoms with E-state index in [0.29, 0.717) is 5.92 Å². The molecule has 5 heteroatoms. The number of aliphatic hydroxyl groups excluding tert-OH is 1. The number of nitrogens with one attached hydrogen (secondary N) is 1. The summed E-state index contributed by atoms with van der Waals surface area (Å²) in [7, 11) is 0. The fraction of sp³-hybridized carbons (Fsp3) is 0.533. The molecule has 1 aromatic carbocycles. The van der Waals surface area contributed by atoms with Crippen molar-refractivity contribution in [1.29, 1.82) is 0 Å². The predicted octanol–water partition coefficient (Wildman–Crippen LogP) is 2.33. The van der Waals surface area contributed by atoms with Crippen molar-refractivity contribution in [3.63, 3.8) is 0 Å². The van der Waals surface area contributed by atoms with E-state index in [9.17, 15) is 9.18 Å². The Labute approximate surface area is 117 Å². The van der Waals surface area contributed by atoms with Gasteiger partial charge < -0.3 is 15.2 Å². The van der Waals surface area contributed by atoms with E-state index >= 15 is 0 Å². The number of halogens is 1. The van der Waals surface area contributed by atoms with E-state index in [-0.39, 0.29) is 30.9 Å². The van der Waals surface area contributed by atoms with Gasteiger partial charge in [0.1, 0.15) is 12.4 Å². The van der Waals surface area contributed by atoms with Crippen LogP contribution in [0.5, 0.6) is 0 Å². The second-order valence-corrected chi connectivity index (χ2v) is 5.16. The third-order valence-electron chi connectivity index (χ3n) is 3.65. The minimum absolute atomic E-state index is 0.0594. The number of amides is 1. The van der Waals surface area contributed by atoms with Gasteiger partial charge in [0.15, 0.2) is 0 Å². The average molecular weight is 281 g/mol. The molecule has 1 saturated carbocycles. The lowest BCUT2D eigenvalue weighted by Gasteiger charge is -2.27. The Bertz CT molecular complexity index is 444. The summed E-state index contributed by atoms with van der Waals surface area (Å²) in [5, 5.41) is 11.5. The van der Waals surface area contributed by atoms with E-state index in [1.54, 1.807) is 12.1 Å². The van der Waals surface area contributed by atoms with Crippen molar-refractivity contribution < 1.29 is 19.0 Å². The van der Waals surface area contributed by atoms with Gasteiger partial charge in [-0.2, -0.15) is 0 Å². The molecule has 2 rings (SSSR count). The summed E-state index contributed by atoms with van der Waals surface area (Å²) in [5.41, 5.74) is 0.171. The highest BCUT2D eigenvalue weighted by atomic mass is 19.1. The zero-order valence-corrected chi connectivity index (χ0v) is 11.3. The SMILES string of the molecule is O=C(COC1CCC(CO)CC1)Nc1ccccc1F. The van der Waals surface area contributed by atoms with E-state index in [1.165, 1.54) is 12.1 Å². The first-order valence-electron chi connectivity index (χ1n) is 6.96. The smallest absolute Gasteiger partial charge is 0.250 e. The molecule has 0 unspecified atom stereocenters. The molecule has 0 spiro atoms. The Balaban J connectivity index is 1.72. The van der Waals surface area contributed by atoms with E-state index < -0.39 is 5.82 Å². The molecule has 1 amide bonds. The van der Waals surface area contributed by atoms with Gasteiger partial charge in [0.05, 0.1) is 11.8 Å². The van der Waals surface area contributed by atoms with Gasteiger partial charge in [-0.05, 0) is 43.7 Å². The Kier molecular flexibility index (Phi) is 5.49. The van der Waals surface area contributed by atoms with Crippen LogP contribution in [-0.2, 0) is 9.53 Å². The van der Waals surface area contributed by atoms with E-state index in [2.05, 4.69) is 5.32 Å². The molecule has 20 heavy (non-hydrogen) atoms. The number of rotatable bonds is 5. The maximum absolute atomic E-state index is 13.3. The molecule has 0 heterocycles. The van der Waals surface area contributed by atoms with Crippen LogP contribution >= 0.6 is 0 Å². The van der Waals surface area contributed by atoms with Crippen molar-refractivity contribution in [2.45, 2.75) is 31.8 Å². The van der Waals surface area contributed by atoms with Crippen molar-refractivity contribution >= 4 is 11.6 Å². The molecule has 0 aromatic heterocycles. The van der Waals surface area contributed by atoms with Crippen molar-refractivity contribution in [3.8, 4) is 0 Å². The minimum atomic E-state index is -0.454. The van der Waals surface area contributed by atoms with Crippen LogP contribution < -0.4 is 5.32 Å². The minimum Gasteiger partial charge on any atom is -0.396 e. The third-order valence-corrected chi connectivity index (χ3v) is 3.65. The van der Waals surface area contributed by atoms with Gasteiger partial charge in [0.2, 0.25) is 5.91 Å². The lowest BCUT2D eigenvalue weighted by Crippen LogP contribution is -2.27. The number of ether oxygens (including phenoxy) is 1. The average Bonchev–Trinajstić information content (AvgIpc) is 2.48. The van der Waals surface area contributed by atoms with E-state index in [4.69, 9.17) is 9.84 Å². The zero-order valence-electron chi connectivity index (χ0n) is 11.3. The van der Waals surface area contributed by atoms with Crippen LogP contribution in [0.4, 0.5) is 10.1 Å². The van der Waals surface area contributed by atoms with Crippen LogP contribution in [0.1, 0.15) is 25.7 Å². The highest BCUT2D eigenvalue weighted by Crippen LogP contribution is 2.25. The molecule has 1 aliphatic rings. The number of carbonyl (C=O) groups excluding carboxylic acids is 1. The largest absolute Gasteiger partial charge is 0.396 e. The Hall–Kier alpha value is -1.46. The van der Waals surface area contributed by atoms with Gasteiger partial charge >= 0.3 is 0 Å². The fourth-order valence-corrected chi connectivity index (χ4v) is 2.42. The summed E-state index contributed by atoms with van der Waals surface area (Å²) in [5.74, 6) is -0.439. The van der Waals surface area contributed by atoms with Crippen LogP contribution in [0.15, 0.2) is 24.3 Å². The van der Waals surface area contributed by atoms with Gasteiger partial charge in [-0.1, -0.05) is 12.1 Å². The maximum atomic E-state index is 13.3. The van der Waals surface area contributed by atoms with Crippen LogP contribution in [-0.4, -0.2) is 30.3 Å². The van der Waals surface area contributed by atoms with Crippen molar-refractivity contribution in [2.24, 2.45) is 5.92 Å². The normalized spacial score (nSPS) is 22.5. The molecular formula is C15H20FNO3. The fourth-order valence-electron chi connectivity index (χ4n) is 2.42. The molecule has 110 valence electrons. The quantitative estimate of drug-likeness (QED) is 0.871. The van der Waals surface area contributed by atoms with Gasteiger partial charge in [-0.25, -0.2) is 4.39 Å². The Morgan fingerprint density at radius 1 is 1.30 bits per heavy atom. The molecule has 0 atom stereocenters. The number of carbonyl (C=O) groups is 1. The molecule has 0 aliphatic heterocycles. The molecule has 1 aliphatic carbocycles. The number of hydrogen-bond acceptors (Lipinski definition) is 3. The van der Waals surface area contributed by atoms with Gasteiger partial charge in [-0.3, -0.25) is 4.79 Å². The molecule has 2 N–H and O–H groups in total. The van der Waals surface area contributed by atoms with Gasteiger partial charge in [0.25, 0.3) is 0 Å². The first-order chi connectivity index (χ1) is 9.69. The number of benzene rings is 1. The standard InChI is InChI=1S/C15H20FNO3/c16-13-3-1-2-4-14(13)17-15(19)10-20-12-7-5-11(9-18)6-8-12/h1-4,11-12,18H,5-10H2,(H,17,19). The zero-order chi connectivity index (χ0) is 14.4.